The molecule has 93 heavy (non-hydrogen) atoms. The molecule has 0 fully saturated rings. The van der Waals surface area contributed by atoms with Gasteiger partial charge in [0, 0.05) is 25.7 Å². The number of aliphatic hydroxyl groups excluding tert-OH is 1. The van der Waals surface area contributed by atoms with Crippen molar-refractivity contribution in [2.75, 3.05) is 39.6 Å². The lowest BCUT2D eigenvalue weighted by molar-refractivity contribution is -0.161. The summed E-state index contributed by atoms with van der Waals surface area (Å²) in [6.45, 7) is 4.89. The first-order chi connectivity index (χ1) is 45.2. The largest absolute Gasteiger partial charge is 0.472 e. The normalized spacial score (nSPS) is 13.9. The highest BCUT2D eigenvalue weighted by molar-refractivity contribution is 7.47. The summed E-state index contributed by atoms with van der Waals surface area (Å²) in [5, 5.41) is 10.6. The van der Waals surface area contributed by atoms with Crippen molar-refractivity contribution in [1.82, 2.24) is 0 Å². The van der Waals surface area contributed by atoms with Crippen LogP contribution in [0.5, 0.6) is 0 Å². The van der Waals surface area contributed by atoms with Crippen molar-refractivity contribution in [3.8, 4) is 0 Å². The van der Waals surface area contributed by atoms with Crippen LogP contribution in [0, 0.1) is 0 Å². The number of esters is 4. The van der Waals surface area contributed by atoms with Crippen molar-refractivity contribution in [2.24, 2.45) is 0 Å². The van der Waals surface area contributed by atoms with Crippen molar-refractivity contribution >= 4 is 39.5 Å². The van der Waals surface area contributed by atoms with Gasteiger partial charge in [0.25, 0.3) is 0 Å². The number of phosphoric ester groups is 2. The molecule has 17 nitrogen and oxygen atoms in total. The molecule has 0 aromatic rings. The van der Waals surface area contributed by atoms with Crippen LogP contribution in [0.4, 0.5) is 0 Å². The summed E-state index contributed by atoms with van der Waals surface area (Å²) in [6, 6.07) is 0. The van der Waals surface area contributed by atoms with E-state index in [4.69, 9.17) is 37.0 Å². The fraction of sp³-hybridized carbons (Fsp3) is 0.946. The molecule has 0 saturated heterocycles. The van der Waals surface area contributed by atoms with Crippen LogP contribution in [0.25, 0.3) is 0 Å². The van der Waals surface area contributed by atoms with Crippen LogP contribution < -0.4 is 0 Å². The second-order valence-corrected chi connectivity index (χ2v) is 29.6. The lowest BCUT2D eigenvalue weighted by Crippen LogP contribution is -2.30. The molecule has 19 heteroatoms. The molecule has 0 heterocycles. The maximum Gasteiger partial charge on any atom is 0.472 e. The van der Waals surface area contributed by atoms with Crippen LogP contribution in [0.3, 0.4) is 0 Å². The molecular weight excluding hydrogens is 1220 g/mol. The van der Waals surface area contributed by atoms with Crippen molar-refractivity contribution in [3.63, 3.8) is 0 Å². The molecule has 0 aromatic heterocycles. The minimum absolute atomic E-state index is 0.107. The Kier molecular flexibility index (Phi) is 67.1. The molecule has 2 unspecified atom stereocenters. The lowest BCUT2D eigenvalue weighted by Gasteiger charge is -2.21. The third kappa shape index (κ3) is 68.4. The Bertz CT molecular complexity index is 1770. The zero-order valence-electron chi connectivity index (χ0n) is 60.2. The van der Waals surface area contributed by atoms with Gasteiger partial charge in [-0.05, 0) is 25.7 Å². The van der Waals surface area contributed by atoms with Crippen molar-refractivity contribution < 1.29 is 80.2 Å². The first-order valence-corrected chi connectivity index (χ1v) is 41.8. The summed E-state index contributed by atoms with van der Waals surface area (Å²) in [5.74, 6) is -2.13. The molecule has 0 aliphatic carbocycles. The fourth-order valence-electron chi connectivity index (χ4n) is 11.4. The van der Waals surface area contributed by atoms with Gasteiger partial charge in [0.05, 0.1) is 26.4 Å². The quantitative estimate of drug-likeness (QED) is 0.0222. The van der Waals surface area contributed by atoms with E-state index in [1.54, 1.807) is 0 Å². The number of rotatable bonds is 75. The Morgan fingerprint density at radius 2 is 0.430 bits per heavy atom. The number of aliphatic hydroxyl groups is 1. The van der Waals surface area contributed by atoms with E-state index >= 15 is 0 Å². The molecule has 0 saturated carbocycles. The summed E-state index contributed by atoms with van der Waals surface area (Å²) in [7, 11) is -9.89. The van der Waals surface area contributed by atoms with Crippen LogP contribution >= 0.6 is 15.6 Å². The Morgan fingerprint density at radius 3 is 0.634 bits per heavy atom. The predicted molar refractivity (Wildman–Crippen MR) is 377 cm³/mol. The smallest absolute Gasteiger partial charge is 0.462 e. The van der Waals surface area contributed by atoms with Crippen molar-refractivity contribution in [2.45, 2.75) is 412 Å². The first kappa shape index (κ1) is 91.1. The number of unbranched alkanes of at least 4 members (excludes halogenated alkanes) is 49. The molecule has 0 radical (unpaired) electrons. The molecule has 552 valence electrons. The summed E-state index contributed by atoms with van der Waals surface area (Å²) < 4.78 is 68.2. The first-order valence-electron chi connectivity index (χ1n) is 38.8. The van der Waals surface area contributed by atoms with Gasteiger partial charge in [-0.15, -0.1) is 0 Å². The SMILES string of the molecule is CCCCCCCCCCCCCCCCCCCCCCC(=O)O[C@H](COC(=O)CCCCCCCCCCCCCCCCCC)COP(=O)(O)OC[C@@H](O)COP(=O)(O)OC[C@@H](COC(=O)CCCCCCC)OC(=O)CCCCCCCCCCCCCC. The zero-order valence-corrected chi connectivity index (χ0v) is 62.0. The molecule has 3 N–H and O–H groups in total. The van der Waals surface area contributed by atoms with Gasteiger partial charge in [-0.2, -0.15) is 0 Å². The molecule has 0 rings (SSSR count). The van der Waals surface area contributed by atoms with Gasteiger partial charge < -0.3 is 33.8 Å². The van der Waals surface area contributed by atoms with Crippen LogP contribution in [0.2, 0.25) is 0 Å². The summed E-state index contributed by atoms with van der Waals surface area (Å²) in [5.41, 5.74) is 0. The van der Waals surface area contributed by atoms with Crippen LogP contribution in [-0.2, 0) is 65.4 Å². The average Bonchev–Trinajstić information content (AvgIpc) is 2.99. The number of carbonyl (C=O) groups is 4. The molecule has 0 aliphatic rings. The fourth-order valence-corrected chi connectivity index (χ4v) is 13.0. The van der Waals surface area contributed by atoms with Gasteiger partial charge in [-0.25, -0.2) is 9.13 Å². The van der Waals surface area contributed by atoms with Crippen LogP contribution in [0.15, 0.2) is 0 Å². The number of hydrogen-bond acceptors (Lipinski definition) is 15. The second-order valence-electron chi connectivity index (χ2n) is 26.7. The maximum absolute atomic E-state index is 13.1. The van der Waals surface area contributed by atoms with Crippen molar-refractivity contribution in [1.29, 1.82) is 0 Å². The monoisotopic (exact) mass is 1370 g/mol. The number of hydrogen-bond donors (Lipinski definition) is 3. The van der Waals surface area contributed by atoms with E-state index < -0.39 is 97.5 Å². The Hall–Kier alpha value is -1.94. The number of carbonyl (C=O) groups excluding carboxylic acids is 4. The van der Waals surface area contributed by atoms with Crippen molar-refractivity contribution in [3.05, 3.63) is 0 Å². The van der Waals surface area contributed by atoms with Gasteiger partial charge in [-0.1, -0.05) is 342 Å². The number of ether oxygens (including phenoxy) is 4. The summed E-state index contributed by atoms with van der Waals surface area (Å²) >= 11 is 0. The Labute approximate surface area is 568 Å². The minimum Gasteiger partial charge on any atom is -0.462 e. The summed E-state index contributed by atoms with van der Waals surface area (Å²) in [4.78, 5) is 72.4. The Balaban J connectivity index is 5.13. The number of phosphoric acid groups is 2. The molecule has 0 spiro atoms. The van der Waals surface area contributed by atoms with E-state index in [0.29, 0.717) is 25.7 Å². The standard InChI is InChI=1S/C74H144O17P2/c1-5-9-13-17-20-23-26-29-31-33-34-35-36-38-40-43-46-49-53-57-61-74(79)91-70(65-85-72(77)59-55-51-47-44-42-39-37-32-30-27-24-21-18-14-10-6-2)67-89-93(82,83)87-63-68(75)62-86-92(80,81)88-66-69(64-84-71(76)58-54-50-16-12-8-4)90-73(78)60-56-52-48-45-41-28-25-22-19-15-11-7-3/h68-70,75H,5-67H2,1-4H3,(H,80,81)(H,82,83)/t68-,69+,70+/m0/s1. The minimum atomic E-state index is -4.95. The molecule has 0 aliphatic heterocycles. The predicted octanol–water partition coefficient (Wildman–Crippen LogP) is 21.8. The molecule has 0 aromatic carbocycles. The molecular formula is C74H144O17P2. The van der Waals surface area contributed by atoms with Gasteiger partial charge in [-0.3, -0.25) is 37.3 Å². The summed E-state index contributed by atoms with van der Waals surface area (Å²) in [6.07, 6.45) is 58.7. The maximum atomic E-state index is 13.1. The van der Waals surface area contributed by atoms with E-state index in [0.717, 1.165) is 96.3 Å². The highest BCUT2D eigenvalue weighted by Crippen LogP contribution is 2.45. The van der Waals surface area contributed by atoms with E-state index in [-0.39, 0.29) is 25.7 Å². The zero-order chi connectivity index (χ0) is 68.2. The van der Waals surface area contributed by atoms with E-state index in [2.05, 4.69) is 27.7 Å². The average molecular weight is 1370 g/mol. The van der Waals surface area contributed by atoms with Gasteiger partial charge in [0.15, 0.2) is 12.2 Å². The highest BCUT2D eigenvalue weighted by atomic mass is 31.2. The van der Waals surface area contributed by atoms with E-state index in [1.807, 2.05) is 0 Å². The van der Waals surface area contributed by atoms with E-state index in [1.165, 1.54) is 218 Å². The molecule has 0 bridgehead atoms. The van der Waals surface area contributed by atoms with Crippen LogP contribution in [-0.4, -0.2) is 96.7 Å². The molecule has 0 amide bonds. The third-order valence-electron chi connectivity index (χ3n) is 17.4. The third-order valence-corrected chi connectivity index (χ3v) is 19.3. The van der Waals surface area contributed by atoms with Gasteiger partial charge in [0.2, 0.25) is 0 Å². The lowest BCUT2D eigenvalue weighted by atomic mass is 10.0. The van der Waals surface area contributed by atoms with Gasteiger partial charge >= 0.3 is 39.5 Å². The topological polar surface area (TPSA) is 237 Å². The highest BCUT2D eigenvalue weighted by Gasteiger charge is 2.30. The van der Waals surface area contributed by atoms with Crippen LogP contribution in [0.1, 0.15) is 394 Å². The van der Waals surface area contributed by atoms with Gasteiger partial charge in [0.1, 0.15) is 19.3 Å². The molecule has 5 atom stereocenters. The van der Waals surface area contributed by atoms with E-state index in [9.17, 15) is 43.2 Å². The Morgan fingerprint density at radius 1 is 0.258 bits per heavy atom. The second kappa shape index (κ2) is 68.6.